The molecule has 7 heteroatoms. The van der Waals surface area contributed by atoms with E-state index in [1.54, 1.807) is 24.4 Å². The largest absolute Gasteiger partial charge is 0.508 e. The van der Waals surface area contributed by atoms with Gasteiger partial charge in [0.25, 0.3) is 5.91 Å². The number of amides is 1. The molecule has 1 unspecified atom stereocenters. The van der Waals surface area contributed by atoms with Crippen LogP contribution in [-0.2, 0) is 4.79 Å². The minimum atomic E-state index is -1.30. The van der Waals surface area contributed by atoms with Crippen LogP contribution in [0, 0.1) is 0 Å². The van der Waals surface area contributed by atoms with Crippen LogP contribution in [0.25, 0.3) is 10.9 Å². The number of carbonyl (C=O) groups excluding carboxylic acids is 1. The van der Waals surface area contributed by atoms with Crippen LogP contribution in [-0.4, -0.2) is 34.2 Å². The molecule has 0 aliphatic carbocycles. The summed E-state index contributed by atoms with van der Waals surface area (Å²) >= 11 is 0. The Morgan fingerprint density at radius 2 is 1.96 bits per heavy atom. The highest BCUT2D eigenvalue weighted by Gasteiger charge is 2.23. The van der Waals surface area contributed by atoms with Crippen LogP contribution in [0.5, 0.6) is 11.5 Å². The molecule has 3 aromatic rings. The first-order chi connectivity index (χ1) is 12.5. The summed E-state index contributed by atoms with van der Waals surface area (Å²) in [6.07, 6.45) is 1.62. The first kappa shape index (κ1) is 17.2. The van der Waals surface area contributed by atoms with Crippen molar-refractivity contribution < 1.29 is 24.5 Å². The Kier molecular flexibility index (Phi) is 4.70. The van der Waals surface area contributed by atoms with E-state index in [-0.39, 0.29) is 16.9 Å². The van der Waals surface area contributed by atoms with Crippen LogP contribution in [0.4, 0.5) is 0 Å². The molecule has 132 valence electrons. The van der Waals surface area contributed by atoms with Gasteiger partial charge in [0.05, 0.1) is 7.11 Å². The number of aliphatic carboxylic acids is 1. The number of hydrogen-bond acceptors (Lipinski definition) is 5. The number of nitrogens with zero attached hydrogens (tertiary/aromatic N) is 1. The number of benzene rings is 2. The highest BCUT2D eigenvalue weighted by molar-refractivity contribution is 6.01. The van der Waals surface area contributed by atoms with E-state index in [0.29, 0.717) is 16.7 Å². The number of ether oxygens (including phenoxy) is 1. The summed E-state index contributed by atoms with van der Waals surface area (Å²) in [5.41, 5.74) is 1.11. The number of methoxy groups -OCH3 is 1. The zero-order valence-corrected chi connectivity index (χ0v) is 13.8. The molecule has 2 aromatic carbocycles. The smallest absolute Gasteiger partial charge is 0.330 e. The number of carboxylic acids is 1. The molecule has 3 rings (SSSR count). The molecule has 26 heavy (non-hydrogen) atoms. The van der Waals surface area contributed by atoms with Gasteiger partial charge < -0.3 is 20.3 Å². The van der Waals surface area contributed by atoms with Gasteiger partial charge in [0.15, 0.2) is 6.04 Å². The molecule has 0 aliphatic rings. The predicted octanol–water partition coefficient (Wildman–Crippen LogP) is 2.50. The van der Waals surface area contributed by atoms with Gasteiger partial charge in [-0.05, 0) is 35.9 Å². The molecule has 1 atom stereocenters. The summed E-state index contributed by atoms with van der Waals surface area (Å²) in [4.78, 5) is 28.4. The van der Waals surface area contributed by atoms with Crippen molar-refractivity contribution in [1.82, 2.24) is 10.3 Å². The molecule has 0 saturated heterocycles. The van der Waals surface area contributed by atoms with Crippen LogP contribution >= 0.6 is 0 Å². The maximum absolute atomic E-state index is 12.6. The Bertz CT molecular complexity index is 987. The van der Waals surface area contributed by atoms with Crippen molar-refractivity contribution in [2.45, 2.75) is 6.04 Å². The number of fused-ring (bicyclic) bond motifs is 1. The fraction of sp³-hybridized carbons (Fsp3) is 0.105. The Morgan fingerprint density at radius 1 is 1.15 bits per heavy atom. The first-order valence-electron chi connectivity index (χ1n) is 7.75. The van der Waals surface area contributed by atoms with E-state index in [2.05, 4.69) is 10.3 Å². The van der Waals surface area contributed by atoms with E-state index < -0.39 is 17.9 Å². The standard InChI is InChI=1S/C19H16N2O5/c1-26-15-10-13(8-11-5-3-7-20-16(11)15)18(23)21-17(19(24)25)12-4-2-6-14(22)9-12/h2-10,17,22H,1H3,(H,21,23)(H,24,25). The van der Waals surface area contributed by atoms with Crippen molar-refractivity contribution in [3.8, 4) is 11.5 Å². The Morgan fingerprint density at radius 3 is 2.65 bits per heavy atom. The molecular weight excluding hydrogens is 336 g/mol. The first-order valence-corrected chi connectivity index (χ1v) is 7.75. The number of carbonyl (C=O) groups is 2. The molecule has 0 aliphatic heterocycles. The number of nitrogens with one attached hydrogen (secondary N) is 1. The average molecular weight is 352 g/mol. The maximum Gasteiger partial charge on any atom is 0.330 e. The maximum atomic E-state index is 12.6. The second-order valence-electron chi connectivity index (χ2n) is 5.59. The van der Waals surface area contributed by atoms with Crippen LogP contribution in [0.3, 0.4) is 0 Å². The second-order valence-corrected chi connectivity index (χ2v) is 5.59. The van der Waals surface area contributed by atoms with E-state index >= 15 is 0 Å². The predicted molar refractivity (Wildman–Crippen MR) is 94.2 cm³/mol. The number of rotatable bonds is 5. The van der Waals surface area contributed by atoms with E-state index in [0.717, 1.165) is 0 Å². The zero-order chi connectivity index (χ0) is 18.7. The van der Waals surface area contributed by atoms with Gasteiger partial charge in [-0.1, -0.05) is 18.2 Å². The van der Waals surface area contributed by atoms with Gasteiger partial charge in [0.1, 0.15) is 17.0 Å². The normalized spacial score (nSPS) is 11.7. The average Bonchev–Trinajstić information content (AvgIpc) is 2.64. The monoisotopic (exact) mass is 352 g/mol. The van der Waals surface area contributed by atoms with Crippen LogP contribution in [0.15, 0.2) is 54.7 Å². The Balaban J connectivity index is 1.95. The van der Waals surface area contributed by atoms with Gasteiger partial charge in [0, 0.05) is 17.1 Å². The summed E-state index contributed by atoms with van der Waals surface area (Å²) in [7, 11) is 1.47. The fourth-order valence-corrected chi connectivity index (χ4v) is 2.65. The lowest BCUT2D eigenvalue weighted by Gasteiger charge is -2.16. The van der Waals surface area contributed by atoms with Crippen molar-refractivity contribution in [3.63, 3.8) is 0 Å². The van der Waals surface area contributed by atoms with Gasteiger partial charge >= 0.3 is 5.97 Å². The summed E-state index contributed by atoms with van der Waals surface area (Å²) in [6, 6.07) is 11.1. The van der Waals surface area contributed by atoms with Crippen LogP contribution in [0.2, 0.25) is 0 Å². The molecule has 0 saturated carbocycles. The molecule has 0 fully saturated rings. The van der Waals surface area contributed by atoms with Crippen molar-refractivity contribution in [2.75, 3.05) is 7.11 Å². The molecule has 0 radical (unpaired) electrons. The van der Waals surface area contributed by atoms with E-state index in [4.69, 9.17) is 4.74 Å². The molecule has 3 N–H and O–H groups in total. The summed E-state index contributed by atoms with van der Waals surface area (Å²) in [5, 5.41) is 22.2. The second kappa shape index (κ2) is 7.10. The van der Waals surface area contributed by atoms with E-state index in [1.165, 1.54) is 37.4 Å². The third kappa shape index (κ3) is 3.41. The van der Waals surface area contributed by atoms with E-state index in [1.807, 2.05) is 0 Å². The number of aromatic hydroxyl groups is 1. The minimum absolute atomic E-state index is 0.0820. The molecule has 7 nitrogen and oxygen atoms in total. The summed E-state index contributed by atoms with van der Waals surface area (Å²) in [5.74, 6) is -1.48. The van der Waals surface area contributed by atoms with Crippen molar-refractivity contribution in [2.24, 2.45) is 0 Å². The van der Waals surface area contributed by atoms with Crippen molar-refractivity contribution >= 4 is 22.8 Å². The van der Waals surface area contributed by atoms with Crippen LogP contribution < -0.4 is 10.1 Å². The molecular formula is C19H16N2O5. The molecule has 1 amide bonds. The third-order valence-electron chi connectivity index (χ3n) is 3.88. The topological polar surface area (TPSA) is 109 Å². The Hall–Kier alpha value is -3.61. The highest BCUT2D eigenvalue weighted by Crippen LogP contribution is 2.26. The number of carboxylic acid groups (broad SMARTS) is 1. The van der Waals surface area contributed by atoms with Gasteiger partial charge in [-0.2, -0.15) is 0 Å². The SMILES string of the molecule is COc1cc(C(=O)NC(C(=O)O)c2cccc(O)c2)cc2cccnc12. The van der Waals surface area contributed by atoms with Crippen molar-refractivity contribution in [1.29, 1.82) is 0 Å². The molecule has 1 aromatic heterocycles. The van der Waals surface area contributed by atoms with Crippen molar-refractivity contribution in [3.05, 3.63) is 65.9 Å². The molecule has 0 bridgehead atoms. The molecule has 1 heterocycles. The summed E-state index contributed by atoms with van der Waals surface area (Å²) < 4.78 is 5.28. The number of phenols is 1. The number of hydrogen-bond donors (Lipinski definition) is 3. The number of phenolic OH excluding ortho intramolecular Hbond substituents is 1. The summed E-state index contributed by atoms with van der Waals surface area (Å²) in [6.45, 7) is 0. The number of pyridine rings is 1. The fourth-order valence-electron chi connectivity index (χ4n) is 2.65. The quantitative estimate of drug-likeness (QED) is 0.651. The highest BCUT2D eigenvalue weighted by atomic mass is 16.5. The van der Waals surface area contributed by atoms with Gasteiger partial charge in [0.2, 0.25) is 0 Å². The lowest BCUT2D eigenvalue weighted by atomic mass is 10.0. The minimum Gasteiger partial charge on any atom is -0.508 e. The zero-order valence-electron chi connectivity index (χ0n) is 13.8. The third-order valence-corrected chi connectivity index (χ3v) is 3.88. The van der Waals surface area contributed by atoms with Gasteiger partial charge in [-0.15, -0.1) is 0 Å². The van der Waals surface area contributed by atoms with Gasteiger partial charge in [-0.25, -0.2) is 4.79 Å². The molecule has 0 spiro atoms. The lowest BCUT2D eigenvalue weighted by molar-refractivity contribution is -0.139. The van der Waals surface area contributed by atoms with Crippen LogP contribution in [0.1, 0.15) is 22.0 Å². The van der Waals surface area contributed by atoms with E-state index in [9.17, 15) is 19.8 Å². The lowest BCUT2D eigenvalue weighted by Crippen LogP contribution is -2.33. The Labute approximate surface area is 148 Å². The number of aromatic nitrogens is 1. The van der Waals surface area contributed by atoms with Gasteiger partial charge in [-0.3, -0.25) is 9.78 Å².